The van der Waals surface area contributed by atoms with Crippen molar-refractivity contribution < 1.29 is 9.59 Å². The van der Waals surface area contributed by atoms with E-state index in [-0.39, 0.29) is 22.3 Å². The number of piperidine rings is 1. The molecule has 22 heavy (non-hydrogen) atoms. The van der Waals surface area contributed by atoms with Gasteiger partial charge in [-0.05, 0) is 38.3 Å². The van der Waals surface area contributed by atoms with E-state index in [9.17, 15) is 9.59 Å². The van der Waals surface area contributed by atoms with Crippen molar-refractivity contribution in [2.45, 2.75) is 37.8 Å². The van der Waals surface area contributed by atoms with Crippen LogP contribution in [0.15, 0.2) is 22.7 Å². The number of halogens is 2. The van der Waals surface area contributed by atoms with Crippen molar-refractivity contribution in [1.82, 2.24) is 9.80 Å². The number of hydrogen-bond donors (Lipinski definition) is 1. The van der Waals surface area contributed by atoms with E-state index >= 15 is 0 Å². The second kappa shape index (κ2) is 7.99. The van der Waals surface area contributed by atoms with Gasteiger partial charge in [-0.3, -0.25) is 14.5 Å². The fourth-order valence-corrected chi connectivity index (χ4v) is 3.40. The van der Waals surface area contributed by atoms with Crippen LogP contribution in [0.5, 0.6) is 0 Å². The highest BCUT2D eigenvalue weighted by Crippen LogP contribution is 2.26. The van der Waals surface area contributed by atoms with Gasteiger partial charge < -0.3 is 10.6 Å². The molecule has 2 aliphatic rings. The van der Waals surface area contributed by atoms with Gasteiger partial charge in [0.05, 0.1) is 6.04 Å². The van der Waals surface area contributed by atoms with Crippen LogP contribution in [0.2, 0.25) is 0 Å². The van der Waals surface area contributed by atoms with Crippen molar-refractivity contribution in [3.63, 3.8) is 0 Å². The molecule has 2 N–H and O–H groups in total. The van der Waals surface area contributed by atoms with E-state index in [0.717, 1.165) is 32.2 Å². The quantitative estimate of drug-likeness (QED) is 0.624. The molecule has 2 saturated heterocycles. The molecular weight excluding hydrogens is 325 g/mol. The standard InChI is InChI=1S/C15H21Cl2N3O2/c16-13(17)4-1-5-14(21)19-9-6-11(7-10-19)20-8-2-3-12(20)15(18)22/h1,4-5,11-12H,2-3,6-10H2,(H2,18,22). The Kier molecular flexibility index (Phi) is 6.29. The number of likely N-dealkylation sites (tertiary alicyclic amines) is 2. The molecule has 0 aromatic heterocycles. The molecule has 0 spiro atoms. The molecule has 1 unspecified atom stereocenters. The Bertz CT molecular complexity index is 481. The number of allylic oxidation sites excluding steroid dienone is 2. The number of primary amides is 1. The van der Waals surface area contributed by atoms with E-state index in [1.807, 2.05) is 0 Å². The second-order valence-corrected chi connectivity index (χ2v) is 6.68. The lowest BCUT2D eigenvalue weighted by atomic mass is 10.0. The van der Waals surface area contributed by atoms with Crippen LogP contribution in [-0.2, 0) is 9.59 Å². The highest BCUT2D eigenvalue weighted by molar-refractivity contribution is 6.56. The van der Waals surface area contributed by atoms with Crippen LogP contribution in [-0.4, -0.2) is 53.3 Å². The molecule has 1 atom stereocenters. The summed E-state index contributed by atoms with van der Waals surface area (Å²) in [5, 5.41) is 0. The number of carbonyl (C=O) groups excluding carboxylic acids is 2. The largest absolute Gasteiger partial charge is 0.368 e. The van der Waals surface area contributed by atoms with E-state index < -0.39 is 0 Å². The lowest BCUT2D eigenvalue weighted by molar-refractivity contribution is -0.129. The molecule has 122 valence electrons. The van der Waals surface area contributed by atoms with Gasteiger partial charge in [-0.2, -0.15) is 0 Å². The Morgan fingerprint density at radius 2 is 1.77 bits per heavy atom. The number of rotatable bonds is 4. The highest BCUT2D eigenvalue weighted by atomic mass is 35.5. The number of hydrogen-bond acceptors (Lipinski definition) is 3. The molecule has 0 saturated carbocycles. The third kappa shape index (κ3) is 4.48. The van der Waals surface area contributed by atoms with E-state index in [0.29, 0.717) is 19.1 Å². The third-order valence-electron chi connectivity index (χ3n) is 4.33. The van der Waals surface area contributed by atoms with Gasteiger partial charge in [-0.1, -0.05) is 29.3 Å². The van der Waals surface area contributed by atoms with Crippen LogP contribution in [0.3, 0.4) is 0 Å². The van der Waals surface area contributed by atoms with Gasteiger partial charge in [-0.25, -0.2) is 0 Å². The van der Waals surface area contributed by atoms with Crippen LogP contribution in [0.25, 0.3) is 0 Å². The lowest BCUT2D eigenvalue weighted by Gasteiger charge is -2.38. The van der Waals surface area contributed by atoms with E-state index in [1.54, 1.807) is 11.0 Å². The average Bonchev–Trinajstić information content (AvgIpc) is 2.96. The van der Waals surface area contributed by atoms with Gasteiger partial charge in [0.1, 0.15) is 4.49 Å². The molecule has 2 amide bonds. The van der Waals surface area contributed by atoms with Crippen molar-refractivity contribution in [2.75, 3.05) is 19.6 Å². The van der Waals surface area contributed by atoms with Crippen molar-refractivity contribution in [3.8, 4) is 0 Å². The predicted octanol–water partition coefficient (Wildman–Crippen LogP) is 1.80. The Hall–Kier alpha value is -1.04. The average molecular weight is 346 g/mol. The summed E-state index contributed by atoms with van der Waals surface area (Å²) in [5.41, 5.74) is 5.47. The maximum atomic E-state index is 12.0. The maximum absolute atomic E-state index is 12.0. The van der Waals surface area contributed by atoms with Crippen LogP contribution < -0.4 is 5.73 Å². The molecular formula is C15H21Cl2N3O2. The zero-order chi connectivity index (χ0) is 16.1. The zero-order valence-electron chi connectivity index (χ0n) is 12.4. The number of nitrogens with two attached hydrogens (primary N) is 1. The predicted molar refractivity (Wildman–Crippen MR) is 87.5 cm³/mol. The fourth-order valence-electron chi connectivity index (χ4n) is 3.26. The Balaban J connectivity index is 1.85. The number of nitrogens with zero attached hydrogens (tertiary/aromatic N) is 2. The molecule has 0 aromatic rings. The molecule has 2 fully saturated rings. The summed E-state index contributed by atoms with van der Waals surface area (Å²) in [6.07, 6.45) is 8.09. The van der Waals surface area contributed by atoms with Gasteiger partial charge in [0.2, 0.25) is 11.8 Å². The highest BCUT2D eigenvalue weighted by Gasteiger charge is 2.35. The number of amides is 2. The Morgan fingerprint density at radius 3 is 2.36 bits per heavy atom. The van der Waals surface area contributed by atoms with E-state index in [1.165, 1.54) is 12.2 Å². The summed E-state index contributed by atoms with van der Waals surface area (Å²) in [5.74, 6) is -0.277. The molecule has 7 heteroatoms. The smallest absolute Gasteiger partial charge is 0.246 e. The van der Waals surface area contributed by atoms with Gasteiger partial charge in [0.25, 0.3) is 0 Å². The van der Waals surface area contributed by atoms with Crippen LogP contribution in [0.1, 0.15) is 25.7 Å². The van der Waals surface area contributed by atoms with Crippen molar-refractivity contribution in [1.29, 1.82) is 0 Å². The zero-order valence-corrected chi connectivity index (χ0v) is 13.9. The van der Waals surface area contributed by atoms with Gasteiger partial charge in [0.15, 0.2) is 0 Å². The first-order valence-corrected chi connectivity index (χ1v) is 8.28. The molecule has 2 rings (SSSR count). The first-order chi connectivity index (χ1) is 10.5. The summed E-state index contributed by atoms with van der Waals surface area (Å²) in [6.45, 7) is 2.30. The Labute approximate surface area is 140 Å². The van der Waals surface area contributed by atoms with E-state index in [4.69, 9.17) is 28.9 Å². The normalized spacial score (nSPS) is 23.9. The first kappa shape index (κ1) is 17.3. The summed E-state index contributed by atoms with van der Waals surface area (Å²) in [4.78, 5) is 27.5. The first-order valence-electron chi connectivity index (χ1n) is 7.52. The molecule has 0 radical (unpaired) electrons. The fraction of sp³-hybridized carbons (Fsp3) is 0.600. The summed E-state index contributed by atoms with van der Waals surface area (Å²) in [6, 6.07) is 0.202. The number of carbonyl (C=O) groups is 2. The maximum Gasteiger partial charge on any atom is 0.246 e. The van der Waals surface area contributed by atoms with E-state index in [2.05, 4.69) is 4.90 Å². The summed E-state index contributed by atoms with van der Waals surface area (Å²) >= 11 is 11.0. The third-order valence-corrected chi connectivity index (χ3v) is 4.58. The summed E-state index contributed by atoms with van der Waals surface area (Å²) in [7, 11) is 0. The monoisotopic (exact) mass is 345 g/mol. The molecule has 2 heterocycles. The van der Waals surface area contributed by atoms with Crippen molar-refractivity contribution in [2.24, 2.45) is 5.73 Å². The SMILES string of the molecule is NC(=O)C1CCCN1C1CCN(C(=O)C=CC=C(Cl)Cl)CC1. The second-order valence-electron chi connectivity index (χ2n) is 5.67. The van der Waals surface area contributed by atoms with Gasteiger partial charge in [-0.15, -0.1) is 0 Å². The minimum atomic E-state index is -0.233. The van der Waals surface area contributed by atoms with Crippen LogP contribution >= 0.6 is 23.2 Å². The van der Waals surface area contributed by atoms with Gasteiger partial charge >= 0.3 is 0 Å². The molecule has 0 aliphatic carbocycles. The topological polar surface area (TPSA) is 66.6 Å². The lowest BCUT2D eigenvalue weighted by Crippen LogP contribution is -2.51. The van der Waals surface area contributed by atoms with Crippen LogP contribution in [0, 0.1) is 0 Å². The minimum Gasteiger partial charge on any atom is -0.368 e. The molecule has 0 bridgehead atoms. The van der Waals surface area contributed by atoms with Gasteiger partial charge in [0, 0.05) is 25.2 Å². The van der Waals surface area contributed by atoms with Crippen molar-refractivity contribution in [3.05, 3.63) is 22.7 Å². The summed E-state index contributed by atoms with van der Waals surface area (Å²) < 4.78 is 0.120. The molecule has 0 aromatic carbocycles. The minimum absolute atomic E-state index is 0.0443. The Morgan fingerprint density at radius 1 is 1.09 bits per heavy atom. The van der Waals surface area contributed by atoms with Crippen LogP contribution in [0.4, 0.5) is 0 Å². The van der Waals surface area contributed by atoms with Crippen molar-refractivity contribution >= 4 is 35.0 Å². The molecule has 5 nitrogen and oxygen atoms in total. The molecule has 2 aliphatic heterocycles.